The second kappa shape index (κ2) is 9.99. The van der Waals surface area contributed by atoms with Crippen LogP contribution in [0, 0.1) is 0 Å². The van der Waals surface area contributed by atoms with Gasteiger partial charge >= 0.3 is 0 Å². The minimum atomic E-state index is 0. The Bertz CT molecular complexity index is 429. The van der Waals surface area contributed by atoms with Crippen LogP contribution >= 0.6 is 24.0 Å². The first-order valence-corrected chi connectivity index (χ1v) is 7.31. The van der Waals surface area contributed by atoms with E-state index in [0.717, 1.165) is 44.9 Å². The lowest BCUT2D eigenvalue weighted by Crippen LogP contribution is -2.41. The van der Waals surface area contributed by atoms with E-state index < -0.39 is 0 Å². The van der Waals surface area contributed by atoms with Crippen molar-refractivity contribution in [3.63, 3.8) is 0 Å². The number of nitrogens with zero attached hydrogens (tertiary/aromatic N) is 3. The highest BCUT2D eigenvalue weighted by Gasteiger charge is 2.15. The zero-order valence-electron chi connectivity index (χ0n) is 12.8. The molecular weight excluding hydrogens is 381 g/mol. The quantitative estimate of drug-likeness (QED) is 0.323. The third-order valence-corrected chi connectivity index (χ3v) is 3.44. The van der Waals surface area contributed by atoms with E-state index >= 15 is 0 Å². The standard InChI is InChI=1S/C14H25N5O.HI/c1-15-14(17-10-13-6-4-8-20-13)16-7-3-5-12-9-18-19(2)11-12;/h9,11,13H,3-8,10H2,1-2H3,(H2,15,16,17);1H. The van der Waals surface area contributed by atoms with Crippen LogP contribution < -0.4 is 10.6 Å². The lowest BCUT2D eigenvalue weighted by atomic mass is 10.2. The van der Waals surface area contributed by atoms with Gasteiger partial charge in [-0.3, -0.25) is 9.67 Å². The van der Waals surface area contributed by atoms with Crippen molar-refractivity contribution in [1.82, 2.24) is 20.4 Å². The molecule has 120 valence electrons. The molecule has 1 saturated heterocycles. The molecule has 2 rings (SSSR count). The molecule has 0 saturated carbocycles. The fraction of sp³-hybridized carbons (Fsp3) is 0.714. The van der Waals surface area contributed by atoms with Crippen LogP contribution in [0.3, 0.4) is 0 Å². The summed E-state index contributed by atoms with van der Waals surface area (Å²) in [5, 5.41) is 10.8. The third kappa shape index (κ3) is 6.64. The molecule has 21 heavy (non-hydrogen) atoms. The Labute approximate surface area is 143 Å². The van der Waals surface area contributed by atoms with Crippen LogP contribution in [0.15, 0.2) is 17.4 Å². The van der Waals surface area contributed by atoms with Gasteiger partial charge in [0.2, 0.25) is 0 Å². The normalized spacial score (nSPS) is 18.4. The number of aryl methyl sites for hydroxylation is 2. The number of rotatable bonds is 6. The highest BCUT2D eigenvalue weighted by molar-refractivity contribution is 14.0. The summed E-state index contributed by atoms with van der Waals surface area (Å²) in [6, 6.07) is 0. The summed E-state index contributed by atoms with van der Waals surface area (Å²) in [5.41, 5.74) is 1.27. The van der Waals surface area contributed by atoms with Gasteiger partial charge in [-0.05, 0) is 31.2 Å². The van der Waals surface area contributed by atoms with Crippen molar-refractivity contribution in [1.29, 1.82) is 0 Å². The maximum absolute atomic E-state index is 5.58. The molecule has 0 aromatic carbocycles. The fourth-order valence-corrected chi connectivity index (χ4v) is 2.34. The number of hydrogen-bond acceptors (Lipinski definition) is 3. The molecule has 7 heteroatoms. The van der Waals surface area contributed by atoms with Crippen molar-refractivity contribution in [2.24, 2.45) is 12.0 Å². The summed E-state index contributed by atoms with van der Waals surface area (Å²) in [5.74, 6) is 0.853. The van der Waals surface area contributed by atoms with Gasteiger partial charge in [-0.25, -0.2) is 0 Å². The summed E-state index contributed by atoms with van der Waals surface area (Å²) in [4.78, 5) is 4.22. The molecule has 1 aliphatic rings. The van der Waals surface area contributed by atoms with E-state index in [9.17, 15) is 0 Å². The lowest BCUT2D eigenvalue weighted by Gasteiger charge is -2.14. The zero-order chi connectivity index (χ0) is 14.2. The Morgan fingerprint density at radius 2 is 2.38 bits per heavy atom. The average Bonchev–Trinajstić information content (AvgIpc) is 3.09. The Morgan fingerprint density at radius 3 is 3.00 bits per heavy atom. The molecule has 0 radical (unpaired) electrons. The van der Waals surface area contributed by atoms with Crippen molar-refractivity contribution >= 4 is 29.9 Å². The molecule has 1 aromatic rings. The van der Waals surface area contributed by atoms with E-state index in [0.29, 0.717) is 6.10 Å². The van der Waals surface area contributed by atoms with Crippen LogP contribution in [0.1, 0.15) is 24.8 Å². The summed E-state index contributed by atoms with van der Waals surface area (Å²) >= 11 is 0. The lowest BCUT2D eigenvalue weighted by molar-refractivity contribution is 0.114. The van der Waals surface area contributed by atoms with Crippen LogP contribution in [0.25, 0.3) is 0 Å². The molecule has 1 atom stereocenters. The summed E-state index contributed by atoms with van der Waals surface area (Å²) in [6.45, 7) is 2.63. The SMILES string of the molecule is CN=C(NCCCc1cnn(C)c1)NCC1CCCO1.I. The van der Waals surface area contributed by atoms with Crippen LogP contribution in [0.2, 0.25) is 0 Å². The molecule has 0 bridgehead atoms. The van der Waals surface area contributed by atoms with Crippen molar-refractivity contribution in [2.75, 3.05) is 26.7 Å². The van der Waals surface area contributed by atoms with Crippen molar-refractivity contribution in [3.8, 4) is 0 Å². The number of aliphatic imine (C=N–C) groups is 1. The first-order chi connectivity index (χ1) is 9.78. The molecule has 0 aliphatic carbocycles. The summed E-state index contributed by atoms with van der Waals surface area (Å²) < 4.78 is 7.42. The molecule has 2 heterocycles. The van der Waals surface area contributed by atoms with Crippen LogP contribution in [0.5, 0.6) is 0 Å². The van der Waals surface area contributed by atoms with Gasteiger partial charge in [0.15, 0.2) is 5.96 Å². The Hall–Kier alpha value is -0.830. The summed E-state index contributed by atoms with van der Waals surface area (Å²) in [7, 11) is 3.74. The van der Waals surface area contributed by atoms with Gasteiger partial charge in [-0.2, -0.15) is 5.10 Å². The van der Waals surface area contributed by atoms with Crippen molar-refractivity contribution in [3.05, 3.63) is 18.0 Å². The average molecular weight is 407 g/mol. The zero-order valence-corrected chi connectivity index (χ0v) is 15.2. The molecule has 1 fully saturated rings. The highest BCUT2D eigenvalue weighted by Crippen LogP contribution is 2.10. The van der Waals surface area contributed by atoms with E-state index in [1.165, 1.54) is 12.0 Å². The Morgan fingerprint density at radius 1 is 1.52 bits per heavy atom. The second-order valence-corrected chi connectivity index (χ2v) is 5.14. The topological polar surface area (TPSA) is 63.5 Å². The maximum atomic E-state index is 5.58. The van der Waals surface area contributed by atoms with E-state index in [1.54, 1.807) is 7.05 Å². The number of aromatic nitrogens is 2. The fourth-order valence-electron chi connectivity index (χ4n) is 2.34. The third-order valence-electron chi connectivity index (χ3n) is 3.44. The molecule has 2 N–H and O–H groups in total. The van der Waals surface area contributed by atoms with Gasteiger partial charge in [0.1, 0.15) is 0 Å². The molecule has 0 amide bonds. The Kier molecular flexibility index (Phi) is 8.67. The highest BCUT2D eigenvalue weighted by atomic mass is 127. The largest absolute Gasteiger partial charge is 0.376 e. The molecule has 0 spiro atoms. The first-order valence-electron chi connectivity index (χ1n) is 7.31. The maximum Gasteiger partial charge on any atom is 0.191 e. The van der Waals surface area contributed by atoms with Gasteiger partial charge in [-0.15, -0.1) is 24.0 Å². The molecule has 1 unspecified atom stereocenters. The van der Waals surface area contributed by atoms with E-state index in [2.05, 4.69) is 26.9 Å². The number of nitrogens with one attached hydrogen (secondary N) is 2. The smallest absolute Gasteiger partial charge is 0.191 e. The molecule has 1 aromatic heterocycles. The number of hydrogen-bond donors (Lipinski definition) is 2. The van der Waals surface area contributed by atoms with Crippen molar-refractivity contribution < 1.29 is 4.74 Å². The molecule has 6 nitrogen and oxygen atoms in total. The summed E-state index contributed by atoms with van der Waals surface area (Å²) in [6.07, 6.45) is 8.73. The monoisotopic (exact) mass is 407 g/mol. The van der Waals surface area contributed by atoms with Crippen LogP contribution in [-0.4, -0.2) is 48.6 Å². The first kappa shape index (κ1) is 18.2. The van der Waals surface area contributed by atoms with E-state index in [1.807, 2.05) is 17.9 Å². The number of guanidine groups is 1. The molecule has 1 aliphatic heterocycles. The van der Waals surface area contributed by atoms with Crippen LogP contribution in [0.4, 0.5) is 0 Å². The minimum Gasteiger partial charge on any atom is -0.376 e. The predicted octanol–water partition coefficient (Wildman–Crippen LogP) is 1.31. The van der Waals surface area contributed by atoms with Crippen molar-refractivity contribution in [2.45, 2.75) is 31.8 Å². The van der Waals surface area contributed by atoms with Gasteiger partial charge in [-0.1, -0.05) is 0 Å². The van der Waals surface area contributed by atoms with E-state index in [4.69, 9.17) is 4.74 Å². The molecular formula is C14H26IN5O. The number of halogens is 1. The van der Waals surface area contributed by atoms with Gasteiger partial charge in [0.25, 0.3) is 0 Å². The number of ether oxygens (including phenoxy) is 1. The van der Waals surface area contributed by atoms with Gasteiger partial charge < -0.3 is 15.4 Å². The second-order valence-electron chi connectivity index (χ2n) is 5.14. The van der Waals surface area contributed by atoms with Gasteiger partial charge in [0, 0.05) is 40.0 Å². The predicted molar refractivity (Wildman–Crippen MR) is 95.3 cm³/mol. The minimum absolute atomic E-state index is 0. The Balaban J connectivity index is 0.00000220. The van der Waals surface area contributed by atoms with E-state index in [-0.39, 0.29) is 24.0 Å². The van der Waals surface area contributed by atoms with Gasteiger partial charge in [0.05, 0.1) is 12.3 Å². The van der Waals surface area contributed by atoms with Crippen LogP contribution in [-0.2, 0) is 18.2 Å².